The van der Waals surface area contributed by atoms with E-state index >= 15 is 0 Å². The molecule has 0 aromatic carbocycles. The quantitative estimate of drug-likeness (QED) is 0.360. The molecule has 0 fully saturated rings. The lowest BCUT2D eigenvalue weighted by molar-refractivity contribution is -0.142. The summed E-state index contributed by atoms with van der Waals surface area (Å²) in [5.41, 5.74) is 5.37. The zero-order valence-corrected chi connectivity index (χ0v) is 6.17. The molecule has 3 nitrogen and oxygen atoms in total. The summed E-state index contributed by atoms with van der Waals surface area (Å²) in [4.78, 5) is 10.5. The van der Waals surface area contributed by atoms with Crippen LogP contribution in [0.15, 0.2) is 12.7 Å². The third kappa shape index (κ3) is 4.09. The van der Waals surface area contributed by atoms with Crippen LogP contribution in [0.3, 0.4) is 0 Å². The van der Waals surface area contributed by atoms with Crippen LogP contribution >= 0.6 is 0 Å². The molecule has 1 unspecified atom stereocenters. The maximum absolute atomic E-state index is 10.5. The number of hydrogen-bond donors (Lipinski definition) is 1. The smallest absolute Gasteiger partial charge is 0.331 e. The van der Waals surface area contributed by atoms with Crippen molar-refractivity contribution in [1.82, 2.24) is 0 Å². The summed E-state index contributed by atoms with van der Waals surface area (Å²) in [6.07, 6.45) is 2.23. The van der Waals surface area contributed by atoms with Crippen molar-refractivity contribution in [2.24, 2.45) is 5.73 Å². The molecule has 0 aliphatic carbocycles. The van der Waals surface area contributed by atoms with E-state index in [1.165, 1.54) is 0 Å². The van der Waals surface area contributed by atoms with Gasteiger partial charge in [-0.3, -0.25) is 5.73 Å². The molecule has 58 valence electrons. The van der Waals surface area contributed by atoms with E-state index in [1.807, 2.05) is 6.92 Å². The standard InChI is InChI=1S/C7H13NO2/c1-3-5-6(8)10-7(9)4-2/h4,6H,2-3,5,8H2,1H3. The van der Waals surface area contributed by atoms with Crippen LogP contribution in [-0.2, 0) is 9.53 Å². The maximum Gasteiger partial charge on any atom is 0.331 e. The van der Waals surface area contributed by atoms with Crippen molar-refractivity contribution in [3.8, 4) is 0 Å². The summed E-state index contributed by atoms with van der Waals surface area (Å²) >= 11 is 0. The lowest BCUT2D eigenvalue weighted by Gasteiger charge is -2.08. The number of esters is 1. The summed E-state index contributed by atoms with van der Waals surface area (Å²) in [6, 6.07) is 0. The Hall–Kier alpha value is -0.830. The van der Waals surface area contributed by atoms with Gasteiger partial charge in [-0.1, -0.05) is 19.9 Å². The molecule has 2 N–H and O–H groups in total. The second-order valence-electron chi connectivity index (χ2n) is 1.97. The Labute approximate surface area is 60.9 Å². The van der Waals surface area contributed by atoms with E-state index in [0.29, 0.717) is 6.42 Å². The molecule has 0 saturated heterocycles. The summed E-state index contributed by atoms with van der Waals surface area (Å²) in [6.45, 7) is 5.22. The van der Waals surface area contributed by atoms with Crippen LogP contribution in [0.25, 0.3) is 0 Å². The van der Waals surface area contributed by atoms with Gasteiger partial charge in [0.15, 0.2) is 6.23 Å². The summed E-state index contributed by atoms with van der Waals surface area (Å²) in [7, 11) is 0. The zero-order valence-electron chi connectivity index (χ0n) is 6.17. The monoisotopic (exact) mass is 143 g/mol. The average molecular weight is 143 g/mol. The Kier molecular flexibility index (Phi) is 4.58. The van der Waals surface area contributed by atoms with E-state index in [-0.39, 0.29) is 0 Å². The minimum absolute atomic E-state index is 0.457. The van der Waals surface area contributed by atoms with Crippen molar-refractivity contribution in [2.45, 2.75) is 26.0 Å². The van der Waals surface area contributed by atoms with Crippen molar-refractivity contribution < 1.29 is 9.53 Å². The van der Waals surface area contributed by atoms with E-state index < -0.39 is 12.2 Å². The number of nitrogens with two attached hydrogens (primary N) is 1. The van der Waals surface area contributed by atoms with Crippen LogP contribution < -0.4 is 5.73 Å². The Morgan fingerprint density at radius 1 is 1.90 bits per heavy atom. The third-order valence-corrected chi connectivity index (χ3v) is 1.01. The van der Waals surface area contributed by atoms with Crippen LogP contribution in [0, 0.1) is 0 Å². The third-order valence-electron chi connectivity index (χ3n) is 1.01. The van der Waals surface area contributed by atoms with Gasteiger partial charge < -0.3 is 4.74 Å². The van der Waals surface area contributed by atoms with Crippen LogP contribution in [0.2, 0.25) is 0 Å². The van der Waals surface area contributed by atoms with Crippen LogP contribution in [0.4, 0.5) is 0 Å². The minimum Gasteiger partial charge on any atom is -0.444 e. The fourth-order valence-electron chi connectivity index (χ4n) is 0.541. The fraction of sp³-hybridized carbons (Fsp3) is 0.571. The Balaban J connectivity index is 3.46. The zero-order chi connectivity index (χ0) is 7.98. The highest BCUT2D eigenvalue weighted by Gasteiger charge is 2.03. The van der Waals surface area contributed by atoms with E-state index in [2.05, 4.69) is 11.3 Å². The molecule has 0 aliphatic rings. The highest BCUT2D eigenvalue weighted by Crippen LogP contribution is 1.95. The Bertz CT molecular complexity index is 123. The highest BCUT2D eigenvalue weighted by molar-refractivity contribution is 5.81. The SMILES string of the molecule is C=CC(=O)OC(N)CCC. The van der Waals surface area contributed by atoms with E-state index in [9.17, 15) is 4.79 Å². The normalized spacial score (nSPS) is 12.2. The first-order valence-corrected chi connectivity index (χ1v) is 3.29. The number of carbonyl (C=O) groups excluding carboxylic acids is 1. The van der Waals surface area contributed by atoms with Gasteiger partial charge in [0.1, 0.15) is 0 Å². The van der Waals surface area contributed by atoms with Gasteiger partial charge in [0.2, 0.25) is 0 Å². The molecule has 0 aromatic rings. The molecule has 0 bridgehead atoms. The Morgan fingerprint density at radius 3 is 2.90 bits per heavy atom. The average Bonchev–Trinajstić information content (AvgIpc) is 1.88. The predicted molar refractivity (Wildman–Crippen MR) is 39.2 cm³/mol. The molecule has 3 heteroatoms. The van der Waals surface area contributed by atoms with Gasteiger partial charge in [0.05, 0.1) is 0 Å². The lowest BCUT2D eigenvalue weighted by atomic mass is 10.3. The second-order valence-corrected chi connectivity index (χ2v) is 1.97. The molecule has 0 radical (unpaired) electrons. The predicted octanol–water partition coefficient (Wildman–Crippen LogP) is 0.800. The van der Waals surface area contributed by atoms with Crippen molar-refractivity contribution >= 4 is 5.97 Å². The molecular formula is C7H13NO2. The molecule has 0 aromatic heterocycles. The van der Waals surface area contributed by atoms with Crippen molar-refractivity contribution in [3.63, 3.8) is 0 Å². The van der Waals surface area contributed by atoms with E-state index in [1.54, 1.807) is 0 Å². The fourth-order valence-corrected chi connectivity index (χ4v) is 0.541. The molecule has 0 aliphatic heterocycles. The van der Waals surface area contributed by atoms with E-state index in [4.69, 9.17) is 5.73 Å². The van der Waals surface area contributed by atoms with Gasteiger partial charge in [-0.25, -0.2) is 4.79 Å². The van der Waals surface area contributed by atoms with Gasteiger partial charge in [-0.15, -0.1) is 0 Å². The van der Waals surface area contributed by atoms with E-state index in [0.717, 1.165) is 12.5 Å². The molecule has 1 atom stereocenters. The first-order valence-electron chi connectivity index (χ1n) is 3.29. The summed E-state index contributed by atoms with van der Waals surface area (Å²) in [5.74, 6) is -0.457. The minimum atomic E-state index is -0.476. The van der Waals surface area contributed by atoms with Crippen molar-refractivity contribution in [1.29, 1.82) is 0 Å². The van der Waals surface area contributed by atoms with Crippen molar-refractivity contribution in [2.75, 3.05) is 0 Å². The molecule has 10 heavy (non-hydrogen) atoms. The summed E-state index contributed by atoms with van der Waals surface area (Å²) < 4.78 is 4.66. The maximum atomic E-state index is 10.5. The highest BCUT2D eigenvalue weighted by atomic mass is 16.6. The number of carbonyl (C=O) groups is 1. The van der Waals surface area contributed by atoms with Crippen molar-refractivity contribution in [3.05, 3.63) is 12.7 Å². The first kappa shape index (κ1) is 9.17. The van der Waals surface area contributed by atoms with Crippen LogP contribution in [0.1, 0.15) is 19.8 Å². The number of ether oxygens (including phenoxy) is 1. The van der Waals surface area contributed by atoms with Crippen LogP contribution in [0.5, 0.6) is 0 Å². The molecule has 0 heterocycles. The molecule has 0 spiro atoms. The lowest BCUT2D eigenvalue weighted by Crippen LogP contribution is -2.25. The number of rotatable bonds is 4. The van der Waals surface area contributed by atoms with Gasteiger partial charge in [0.25, 0.3) is 0 Å². The largest absolute Gasteiger partial charge is 0.444 e. The topological polar surface area (TPSA) is 52.3 Å². The second kappa shape index (κ2) is 4.99. The number of hydrogen-bond acceptors (Lipinski definition) is 3. The first-order chi connectivity index (χ1) is 4.70. The van der Waals surface area contributed by atoms with Gasteiger partial charge >= 0.3 is 5.97 Å². The molecule has 0 rings (SSSR count). The van der Waals surface area contributed by atoms with Gasteiger partial charge in [0, 0.05) is 6.08 Å². The van der Waals surface area contributed by atoms with Gasteiger partial charge in [-0.05, 0) is 6.42 Å². The molecular weight excluding hydrogens is 130 g/mol. The Morgan fingerprint density at radius 2 is 2.50 bits per heavy atom. The van der Waals surface area contributed by atoms with Crippen LogP contribution in [-0.4, -0.2) is 12.2 Å². The summed E-state index contributed by atoms with van der Waals surface area (Å²) in [5, 5.41) is 0. The van der Waals surface area contributed by atoms with Gasteiger partial charge in [-0.2, -0.15) is 0 Å². The molecule has 0 saturated carbocycles. The molecule has 0 amide bonds.